The second kappa shape index (κ2) is 4.50. The molecule has 0 fully saturated rings. The number of rotatable bonds is 4. The number of carbonyl (C=O) groups is 2. The van der Waals surface area contributed by atoms with Crippen molar-refractivity contribution in [3.05, 3.63) is 0 Å². The third kappa shape index (κ3) is 4.66. The van der Waals surface area contributed by atoms with Crippen molar-refractivity contribution in [2.75, 3.05) is 0 Å². The lowest BCUT2D eigenvalue weighted by Crippen LogP contribution is -2.52. The van der Waals surface area contributed by atoms with Crippen LogP contribution in [0.3, 0.4) is 0 Å². The molecule has 0 spiro atoms. The molecule has 88 valence electrons. The molecule has 0 heterocycles. The predicted molar refractivity (Wildman–Crippen MR) is 45.1 cm³/mol. The molecule has 0 aliphatic rings. The summed E-state index contributed by atoms with van der Waals surface area (Å²) < 4.78 is 35.3. The highest BCUT2D eigenvalue weighted by molar-refractivity contribution is 5.86. The monoisotopic (exact) mass is 227 g/mol. The summed E-state index contributed by atoms with van der Waals surface area (Å²) in [7, 11) is 0. The van der Waals surface area contributed by atoms with Crippen LogP contribution in [-0.2, 0) is 9.59 Å². The van der Waals surface area contributed by atoms with Gasteiger partial charge in [0.05, 0.1) is 0 Å². The molecule has 4 nitrogen and oxygen atoms in total. The fourth-order valence-electron chi connectivity index (χ4n) is 0.827. The lowest BCUT2D eigenvalue weighted by atomic mass is 9.99. The summed E-state index contributed by atoms with van der Waals surface area (Å²) in [5.74, 6) is -2.70. The van der Waals surface area contributed by atoms with Gasteiger partial charge in [0.15, 0.2) is 0 Å². The third-order valence-corrected chi connectivity index (χ3v) is 1.96. The number of hydrogen-bond acceptors (Lipinski definition) is 2. The Morgan fingerprint density at radius 1 is 1.33 bits per heavy atom. The van der Waals surface area contributed by atoms with Crippen molar-refractivity contribution in [1.82, 2.24) is 5.32 Å². The highest BCUT2D eigenvalue weighted by Crippen LogP contribution is 2.20. The first-order valence-electron chi connectivity index (χ1n) is 4.22. The topological polar surface area (TPSA) is 66.4 Å². The molecule has 7 heteroatoms. The lowest BCUT2D eigenvalue weighted by molar-refractivity contribution is -0.159. The zero-order valence-electron chi connectivity index (χ0n) is 8.31. The first-order valence-corrected chi connectivity index (χ1v) is 4.22. The fraction of sp³-hybridized carbons (Fsp3) is 0.750. The Morgan fingerprint density at radius 3 is 2.07 bits per heavy atom. The van der Waals surface area contributed by atoms with Crippen LogP contribution in [0, 0.1) is 0 Å². The molecule has 0 aromatic carbocycles. The standard InChI is InChI=1S/C8H12F3NO3/c1-3-7(2,6(14)15)12-5(13)4-8(9,10)11/h3-4H2,1-2H3,(H,12,13)(H,14,15). The number of carboxylic acids is 1. The largest absolute Gasteiger partial charge is 0.480 e. The summed E-state index contributed by atoms with van der Waals surface area (Å²) >= 11 is 0. The number of aliphatic carboxylic acids is 1. The lowest BCUT2D eigenvalue weighted by Gasteiger charge is -2.24. The summed E-state index contributed by atoms with van der Waals surface area (Å²) in [6, 6.07) is 0. The van der Waals surface area contributed by atoms with E-state index in [1.807, 2.05) is 5.32 Å². The minimum atomic E-state index is -4.63. The maximum absolute atomic E-state index is 11.8. The Kier molecular flexibility index (Phi) is 4.12. The van der Waals surface area contributed by atoms with Crippen LogP contribution in [0.1, 0.15) is 26.7 Å². The van der Waals surface area contributed by atoms with Gasteiger partial charge in [-0.2, -0.15) is 13.2 Å². The van der Waals surface area contributed by atoms with Gasteiger partial charge in [0.2, 0.25) is 5.91 Å². The highest BCUT2D eigenvalue weighted by Gasteiger charge is 2.37. The second-order valence-electron chi connectivity index (χ2n) is 3.33. The molecular weight excluding hydrogens is 215 g/mol. The van der Waals surface area contributed by atoms with Gasteiger partial charge in [-0.15, -0.1) is 0 Å². The fourth-order valence-corrected chi connectivity index (χ4v) is 0.827. The number of hydrogen-bond donors (Lipinski definition) is 2. The van der Waals surface area contributed by atoms with E-state index >= 15 is 0 Å². The van der Waals surface area contributed by atoms with E-state index in [9.17, 15) is 22.8 Å². The van der Waals surface area contributed by atoms with Crippen LogP contribution in [0.15, 0.2) is 0 Å². The van der Waals surface area contributed by atoms with Crippen molar-refractivity contribution in [3.63, 3.8) is 0 Å². The van der Waals surface area contributed by atoms with Crippen LogP contribution in [0.5, 0.6) is 0 Å². The maximum Gasteiger partial charge on any atom is 0.397 e. The quantitative estimate of drug-likeness (QED) is 0.760. The maximum atomic E-state index is 11.8. The first-order chi connectivity index (χ1) is 6.60. The Balaban J connectivity index is 4.45. The van der Waals surface area contributed by atoms with Crippen molar-refractivity contribution >= 4 is 11.9 Å². The average Bonchev–Trinajstić information content (AvgIpc) is 1.99. The van der Waals surface area contributed by atoms with E-state index in [1.54, 1.807) is 0 Å². The van der Waals surface area contributed by atoms with Crippen molar-refractivity contribution < 1.29 is 27.9 Å². The summed E-state index contributed by atoms with van der Waals surface area (Å²) in [5, 5.41) is 10.5. The number of halogens is 3. The summed E-state index contributed by atoms with van der Waals surface area (Å²) in [4.78, 5) is 21.5. The van der Waals surface area contributed by atoms with E-state index in [1.165, 1.54) is 6.92 Å². The molecule has 1 atom stereocenters. The van der Waals surface area contributed by atoms with Gasteiger partial charge < -0.3 is 10.4 Å². The molecule has 0 aromatic rings. The molecule has 0 aromatic heterocycles. The van der Waals surface area contributed by atoms with Crippen molar-refractivity contribution in [3.8, 4) is 0 Å². The van der Waals surface area contributed by atoms with Gasteiger partial charge in [-0.05, 0) is 13.3 Å². The molecule has 0 rings (SSSR count). The SMILES string of the molecule is CCC(C)(NC(=O)CC(F)(F)F)C(=O)O. The molecule has 1 unspecified atom stereocenters. The summed E-state index contributed by atoms with van der Waals surface area (Å²) in [6.07, 6.45) is -6.29. The van der Waals surface area contributed by atoms with Gasteiger partial charge in [-0.25, -0.2) is 4.79 Å². The van der Waals surface area contributed by atoms with Gasteiger partial charge in [-0.3, -0.25) is 4.79 Å². The van der Waals surface area contributed by atoms with E-state index in [-0.39, 0.29) is 6.42 Å². The van der Waals surface area contributed by atoms with Crippen LogP contribution in [0.25, 0.3) is 0 Å². The minimum Gasteiger partial charge on any atom is -0.480 e. The normalized spacial score (nSPS) is 15.5. The molecule has 2 N–H and O–H groups in total. The molecule has 0 aliphatic carbocycles. The Bertz CT molecular complexity index is 264. The number of carbonyl (C=O) groups excluding carboxylic acids is 1. The molecular formula is C8H12F3NO3. The molecule has 15 heavy (non-hydrogen) atoms. The molecule has 0 aliphatic heterocycles. The van der Waals surface area contributed by atoms with E-state index in [4.69, 9.17) is 5.11 Å². The van der Waals surface area contributed by atoms with Crippen molar-refractivity contribution in [1.29, 1.82) is 0 Å². The van der Waals surface area contributed by atoms with Crippen molar-refractivity contribution in [2.24, 2.45) is 0 Å². The van der Waals surface area contributed by atoms with Gasteiger partial charge >= 0.3 is 12.1 Å². The van der Waals surface area contributed by atoms with Crippen LogP contribution < -0.4 is 5.32 Å². The van der Waals surface area contributed by atoms with Crippen LogP contribution in [0.2, 0.25) is 0 Å². The van der Waals surface area contributed by atoms with Crippen LogP contribution in [-0.4, -0.2) is 28.7 Å². The van der Waals surface area contributed by atoms with Gasteiger partial charge in [-0.1, -0.05) is 6.92 Å². The minimum absolute atomic E-state index is 0.00588. The van der Waals surface area contributed by atoms with E-state index in [2.05, 4.69) is 0 Å². The van der Waals surface area contributed by atoms with E-state index in [0.717, 1.165) is 6.92 Å². The van der Waals surface area contributed by atoms with Crippen molar-refractivity contribution in [2.45, 2.75) is 38.4 Å². The Morgan fingerprint density at radius 2 is 1.80 bits per heavy atom. The predicted octanol–water partition coefficient (Wildman–Crippen LogP) is 1.31. The number of carboxylic acid groups (broad SMARTS) is 1. The molecule has 0 saturated carbocycles. The van der Waals surface area contributed by atoms with Gasteiger partial charge in [0.1, 0.15) is 12.0 Å². The first kappa shape index (κ1) is 13.7. The number of amides is 1. The average molecular weight is 227 g/mol. The Hall–Kier alpha value is -1.27. The van der Waals surface area contributed by atoms with E-state index in [0.29, 0.717) is 0 Å². The van der Waals surface area contributed by atoms with Crippen LogP contribution >= 0.6 is 0 Å². The van der Waals surface area contributed by atoms with Gasteiger partial charge in [0.25, 0.3) is 0 Å². The van der Waals surface area contributed by atoms with Crippen LogP contribution in [0.4, 0.5) is 13.2 Å². The molecule has 0 bridgehead atoms. The smallest absolute Gasteiger partial charge is 0.397 e. The Labute approximate surface area is 84.5 Å². The summed E-state index contributed by atoms with van der Waals surface area (Å²) in [6.45, 7) is 2.62. The number of nitrogens with one attached hydrogen (secondary N) is 1. The molecule has 0 radical (unpaired) electrons. The van der Waals surface area contributed by atoms with Gasteiger partial charge in [0, 0.05) is 0 Å². The summed E-state index contributed by atoms with van der Waals surface area (Å²) in [5.41, 5.74) is -1.65. The molecule has 0 saturated heterocycles. The third-order valence-electron chi connectivity index (χ3n) is 1.96. The highest BCUT2D eigenvalue weighted by atomic mass is 19.4. The number of alkyl halides is 3. The zero-order valence-corrected chi connectivity index (χ0v) is 8.31. The second-order valence-corrected chi connectivity index (χ2v) is 3.33. The van der Waals surface area contributed by atoms with E-state index < -0.39 is 30.0 Å². The molecule has 1 amide bonds. The zero-order chi connectivity index (χ0) is 12.3.